The molecule has 0 saturated heterocycles. The van der Waals surface area contributed by atoms with E-state index in [1.165, 1.54) is 0 Å². The van der Waals surface area contributed by atoms with Crippen molar-refractivity contribution in [2.75, 3.05) is 13.7 Å². The summed E-state index contributed by atoms with van der Waals surface area (Å²) < 4.78 is 12.0. The molecule has 108 valence electrons. The van der Waals surface area contributed by atoms with Crippen LogP contribution < -0.4 is 10.1 Å². The first-order valence-corrected chi connectivity index (χ1v) is 7.63. The number of halogens is 1. The SMILES string of the molecule is CCCNC(Cc1ccco1)c1ccc(Br)cc1OC. The van der Waals surface area contributed by atoms with E-state index in [1.807, 2.05) is 24.3 Å². The van der Waals surface area contributed by atoms with Gasteiger partial charge in [-0.1, -0.05) is 28.9 Å². The standard InChI is InChI=1S/C16H20BrNO2/c1-3-8-18-15(11-13-5-4-9-20-13)14-7-6-12(17)10-16(14)19-2/h4-7,9-10,15,18H,3,8,11H2,1-2H3. The fraction of sp³-hybridized carbons (Fsp3) is 0.375. The minimum Gasteiger partial charge on any atom is -0.496 e. The second-order valence-electron chi connectivity index (χ2n) is 4.68. The fourth-order valence-electron chi connectivity index (χ4n) is 2.21. The minimum atomic E-state index is 0.184. The van der Waals surface area contributed by atoms with Crippen molar-refractivity contribution in [2.24, 2.45) is 0 Å². The summed E-state index contributed by atoms with van der Waals surface area (Å²) >= 11 is 3.48. The van der Waals surface area contributed by atoms with E-state index in [1.54, 1.807) is 13.4 Å². The molecule has 1 aromatic carbocycles. The Morgan fingerprint density at radius 2 is 2.20 bits per heavy atom. The van der Waals surface area contributed by atoms with Gasteiger partial charge in [-0.15, -0.1) is 0 Å². The minimum absolute atomic E-state index is 0.184. The predicted octanol–water partition coefficient (Wildman–Crippen LogP) is 4.33. The Morgan fingerprint density at radius 3 is 2.85 bits per heavy atom. The number of nitrogens with one attached hydrogen (secondary N) is 1. The Kier molecular flexibility index (Phi) is 5.68. The van der Waals surface area contributed by atoms with Crippen molar-refractivity contribution in [2.45, 2.75) is 25.8 Å². The van der Waals surface area contributed by atoms with E-state index in [0.717, 1.165) is 40.9 Å². The van der Waals surface area contributed by atoms with Gasteiger partial charge in [-0.05, 0) is 37.2 Å². The molecule has 0 saturated carbocycles. The molecule has 0 aliphatic carbocycles. The van der Waals surface area contributed by atoms with Gasteiger partial charge in [0, 0.05) is 22.5 Å². The van der Waals surface area contributed by atoms with Gasteiger partial charge in [0.15, 0.2) is 0 Å². The zero-order chi connectivity index (χ0) is 14.4. The molecule has 1 N–H and O–H groups in total. The molecule has 0 spiro atoms. The predicted molar refractivity (Wildman–Crippen MR) is 84.1 cm³/mol. The summed E-state index contributed by atoms with van der Waals surface area (Å²) in [5.41, 5.74) is 1.15. The maximum absolute atomic E-state index is 5.51. The van der Waals surface area contributed by atoms with E-state index in [4.69, 9.17) is 9.15 Å². The van der Waals surface area contributed by atoms with E-state index >= 15 is 0 Å². The van der Waals surface area contributed by atoms with E-state index in [-0.39, 0.29) is 6.04 Å². The average Bonchev–Trinajstić information content (AvgIpc) is 2.96. The van der Waals surface area contributed by atoms with Crippen molar-refractivity contribution < 1.29 is 9.15 Å². The number of hydrogen-bond donors (Lipinski definition) is 1. The van der Waals surface area contributed by atoms with Crippen LogP contribution in [-0.2, 0) is 6.42 Å². The Labute approximate surface area is 128 Å². The number of methoxy groups -OCH3 is 1. The third kappa shape index (κ3) is 3.87. The van der Waals surface area contributed by atoms with Crippen LogP contribution in [0.3, 0.4) is 0 Å². The number of furan rings is 1. The molecular formula is C16H20BrNO2. The summed E-state index contributed by atoms with van der Waals surface area (Å²) in [7, 11) is 1.70. The fourth-order valence-corrected chi connectivity index (χ4v) is 2.55. The van der Waals surface area contributed by atoms with Gasteiger partial charge in [0.05, 0.1) is 13.4 Å². The van der Waals surface area contributed by atoms with Crippen molar-refractivity contribution in [3.05, 3.63) is 52.4 Å². The molecule has 0 bridgehead atoms. The van der Waals surface area contributed by atoms with Gasteiger partial charge < -0.3 is 14.5 Å². The lowest BCUT2D eigenvalue weighted by Crippen LogP contribution is -2.24. The van der Waals surface area contributed by atoms with Crippen LogP contribution >= 0.6 is 15.9 Å². The second kappa shape index (κ2) is 7.50. The molecule has 0 aliphatic rings. The summed E-state index contributed by atoms with van der Waals surface area (Å²) in [6.45, 7) is 3.13. The highest BCUT2D eigenvalue weighted by Crippen LogP contribution is 2.30. The molecule has 2 aromatic rings. The zero-order valence-electron chi connectivity index (χ0n) is 11.9. The Bertz CT molecular complexity index is 525. The molecule has 1 aromatic heterocycles. The third-order valence-corrected chi connectivity index (χ3v) is 3.69. The second-order valence-corrected chi connectivity index (χ2v) is 5.59. The lowest BCUT2D eigenvalue weighted by molar-refractivity contribution is 0.391. The average molecular weight is 338 g/mol. The zero-order valence-corrected chi connectivity index (χ0v) is 13.4. The van der Waals surface area contributed by atoms with Crippen molar-refractivity contribution in [1.29, 1.82) is 0 Å². The number of hydrogen-bond acceptors (Lipinski definition) is 3. The van der Waals surface area contributed by atoms with E-state index in [0.29, 0.717) is 0 Å². The first-order valence-electron chi connectivity index (χ1n) is 6.83. The quantitative estimate of drug-likeness (QED) is 0.816. The molecule has 0 radical (unpaired) electrons. The van der Waals surface area contributed by atoms with Gasteiger partial charge in [0.2, 0.25) is 0 Å². The summed E-state index contributed by atoms with van der Waals surface area (Å²) in [5, 5.41) is 3.56. The highest BCUT2D eigenvalue weighted by molar-refractivity contribution is 9.10. The molecular weight excluding hydrogens is 318 g/mol. The Hall–Kier alpha value is -1.26. The smallest absolute Gasteiger partial charge is 0.124 e. The van der Waals surface area contributed by atoms with Crippen LogP contribution in [0.4, 0.5) is 0 Å². The van der Waals surface area contributed by atoms with Crippen LogP contribution in [0.25, 0.3) is 0 Å². The van der Waals surface area contributed by atoms with Gasteiger partial charge in [-0.25, -0.2) is 0 Å². The summed E-state index contributed by atoms with van der Waals surface area (Å²) in [6, 6.07) is 10.2. The maximum Gasteiger partial charge on any atom is 0.124 e. The first-order chi connectivity index (χ1) is 9.74. The van der Waals surface area contributed by atoms with E-state index < -0.39 is 0 Å². The molecule has 1 heterocycles. The largest absolute Gasteiger partial charge is 0.496 e. The summed E-state index contributed by atoms with van der Waals surface area (Å²) in [6.07, 6.45) is 3.61. The van der Waals surface area contributed by atoms with Gasteiger partial charge in [0.1, 0.15) is 11.5 Å². The monoisotopic (exact) mass is 337 g/mol. The lowest BCUT2D eigenvalue weighted by Gasteiger charge is -2.20. The van der Waals surface area contributed by atoms with Crippen molar-refractivity contribution >= 4 is 15.9 Å². The van der Waals surface area contributed by atoms with Crippen LogP contribution in [-0.4, -0.2) is 13.7 Å². The highest BCUT2D eigenvalue weighted by atomic mass is 79.9. The molecule has 2 rings (SSSR count). The normalized spacial score (nSPS) is 12.3. The topological polar surface area (TPSA) is 34.4 Å². The van der Waals surface area contributed by atoms with Gasteiger partial charge in [-0.2, -0.15) is 0 Å². The number of benzene rings is 1. The van der Waals surface area contributed by atoms with Crippen molar-refractivity contribution in [3.8, 4) is 5.75 Å². The molecule has 20 heavy (non-hydrogen) atoms. The molecule has 1 unspecified atom stereocenters. The summed E-state index contributed by atoms with van der Waals surface area (Å²) in [5.74, 6) is 1.86. The van der Waals surface area contributed by atoms with Gasteiger partial charge >= 0.3 is 0 Å². The maximum atomic E-state index is 5.51. The van der Waals surface area contributed by atoms with Crippen LogP contribution in [0.5, 0.6) is 5.75 Å². The van der Waals surface area contributed by atoms with Gasteiger partial charge in [-0.3, -0.25) is 0 Å². The van der Waals surface area contributed by atoms with Crippen LogP contribution in [0.2, 0.25) is 0 Å². The van der Waals surface area contributed by atoms with Gasteiger partial charge in [0.25, 0.3) is 0 Å². The molecule has 1 atom stereocenters. The van der Waals surface area contributed by atoms with E-state index in [2.05, 4.69) is 34.2 Å². The van der Waals surface area contributed by atoms with Crippen LogP contribution in [0.15, 0.2) is 45.5 Å². The molecule has 0 fully saturated rings. The molecule has 0 amide bonds. The summed E-state index contributed by atoms with van der Waals surface area (Å²) in [4.78, 5) is 0. The molecule has 3 nitrogen and oxygen atoms in total. The van der Waals surface area contributed by atoms with E-state index in [9.17, 15) is 0 Å². The highest BCUT2D eigenvalue weighted by Gasteiger charge is 2.17. The number of rotatable bonds is 7. The van der Waals surface area contributed by atoms with Crippen molar-refractivity contribution in [1.82, 2.24) is 5.32 Å². The van der Waals surface area contributed by atoms with Crippen molar-refractivity contribution in [3.63, 3.8) is 0 Å². The first kappa shape index (κ1) is 15.1. The Morgan fingerprint density at radius 1 is 1.35 bits per heavy atom. The Balaban J connectivity index is 2.25. The van der Waals surface area contributed by atoms with Crippen LogP contribution in [0, 0.1) is 0 Å². The number of ether oxygens (including phenoxy) is 1. The van der Waals surface area contributed by atoms with Crippen LogP contribution in [0.1, 0.15) is 30.7 Å². The third-order valence-electron chi connectivity index (χ3n) is 3.20. The molecule has 0 aliphatic heterocycles. The molecule has 4 heteroatoms. The lowest BCUT2D eigenvalue weighted by atomic mass is 10.0.